The SMILES string of the molecule is CCCCCCCCCCCCCCCCCCCCC(=O)OC[C@H](COC(=O)CCCCCCCCCCCCCCCCCCCCC(C)CC)OC(=O)CCCCCCCCC. The summed E-state index contributed by atoms with van der Waals surface area (Å²) in [6.45, 7) is 9.07. The molecule has 0 spiro atoms. The minimum Gasteiger partial charge on any atom is -0.462 e. The molecule has 0 radical (unpaired) electrons. The zero-order valence-electron chi connectivity index (χ0n) is 44.5. The van der Waals surface area contributed by atoms with Gasteiger partial charge in [-0.05, 0) is 25.2 Å². The molecule has 0 aliphatic rings. The van der Waals surface area contributed by atoms with Crippen LogP contribution in [0.5, 0.6) is 0 Å². The lowest BCUT2D eigenvalue weighted by molar-refractivity contribution is -0.167. The van der Waals surface area contributed by atoms with E-state index in [0.29, 0.717) is 19.3 Å². The van der Waals surface area contributed by atoms with E-state index >= 15 is 0 Å². The van der Waals surface area contributed by atoms with Crippen molar-refractivity contribution in [3.05, 3.63) is 0 Å². The predicted octanol–water partition coefficient (Wildman–Crippen LogP) is 19.4. The van der Waals surface area contributed by atoms with E-state index in [0.717, 1.165) is 63.7 Å². The van der Waals surface area contributed by atoms with Crippen LogP contribution in [0, 0.1) is 5.92 Å². The van der Waals surface area contributed by atoms with Crippen LogP contribution in [0.2, 0.25) is 0 Å². The molecule has 0 bridgehead atoms. The Kier molecular flexibility index (Phi) is 52.1. The van der Waals surface area contributed by atoms with E-state index in [4.69, 9.17) is 14.2 Å². The first-order chi connectivity index (χ1) is 31.9. The quantitative estimate of drug-likeness (QED) is 0.0344. The van der Waals surface area contributed by atoms with Crippen LogP contribution in [-0.2, 0) is 28.6 Å². The van der Waals surface area contributed by atoms with Gasteiger partial charge in [0.2, 0.25) is 0 Å². The molecule has 0 aliphatic heterocycles. The molecule has 0 heterocycles. The van der Waals surface area contributed by atoms with Gasteiger partial charge in [0.1, 0.15) is 13.2 Å². The van der Waals surface area contributed by atoms with E-state index in [9.17, 15) is 14.4 Å². The third kappa shape index (κ3) is 51.6. The van der Waals surface area contributed by atoms with Crippen molar-refractivity contribution in [2.45, 2.75) is 342 Å². The Bertz CT molecular complexity index is 982. The number of rotatable bonds is 54. The van der Waals surface area contributed by atoms with Gasteiger partial charge in [0.15, 0.2) is 6.10 Å². The Morgan fingerprint density at radius 1 is 0.308 bits per heavy atom. The Balaban J connectivity index is 4.07. The highest BCUT2D eigenvalue weighted by molar-refractivity contribution is 5.71. The van der Waals surface area contributed by atoms with Crippen LogP contribution in [0.1, 0.15) is 336 Å². The van der Waals surface area contributed by atoms with Crippen molar-refractivity contribution in [3.8, 4) is 0 Å². The summed E-state index contributed by atoms with van der Waals surface area (Å²) in [6, 6.07) is 0. The monoisotopic (exact) mass is 919 g/mol. The summed E-state index contributed by atoms with van der Waals surface area (Å²) < 4.78 is 16.8. The van der Waals surface area contributed by atoms with Gasteiger partial charge in [0.05, 0.1) is 0 Å². The number of hydrogen-bond donors (Lipinski definition) is 0. The Morgan fingerprint density at radius 3 is 0.800 bits per heavy atom. The molecule has 0 saturated carbocycles. The Labute approximate surface area is 406 Å². The molecule has 2 atom stereocenters. The molecular formula is C59H114O6. The molecule has 0 saturated heterocycles. The average Bonchev–Trinajstić information content (AvgIpc) is 3.30. The van der Waals surface area contributed by atoms with Crippen molar-refractivity contribution in [1.82, 2.24) is 0 Å². The van der Waals surface area contributed by atoms with Crippen molar-refractivity contribution in [2.75, 3.05) is 13.2 Å². The van der Waals surface area contributed by atoms with Crippen LogP contribution < -0.4 is 0 Å². The highest BCUT2D eigenvalue weighted by atomic mass is 16.6. The largest absolute Gasteiger partial charge is 0.462 e. The van der Waals surface area contributed by atoms with E-state index in [1.54, 1.807) is 0 Å². The summed E-state index contributed by atoms with van der Waals surface area (Å²) in [5, 5.41) is 0. The molecule has 0 rings (SSSR count). The minimum atomic E-state index is -0.760. The van der Waals surface area contributed by atoms with Gasteiger partial charge in [0, 0.05) is 19.3 Å². The molecule has 386 valence electrons. The standard InChI is InChI=1S/C59H114O6/c1-5-8-10-12-14-15-16-17-18-19-23-26-29-32-35-39-42-46-50-57(60)63-53-56(65-59(62)52-48-44-37-13-11-9-6-2)54-64-58(61)51-47-43-40-36-33-30-27-24-21-20-22-25-28-31-34-38-41-45-49-55(4)7-3/h55-56H,5-54H2,1-4H3/t55?,56-/m1/s1. The Hall–Kier alpha value is -1.59. The maximum absolute atomic E-state index is 12.7. The topological polar surface area (TPSA) is 78.9 Å². The van der Waals surface area contributed by atoms with E-state index in [2.05, 4.69) is 27.7 Å². The third-order valence-electron chi connectivity index (χ3n) is 13.9. The average molecular weight is 920 g/mol. The number of unbranched alkanes of at least 4 members (excludes halogenated alkanes) is 40. The zero-order chi connectivity index (χ0) is 47.4. The molecule has 6 nitrogen and oxygen atoms in total. The second-order valence-corrected chi connectivity index (χ2v) is 20.5. The van der Waals surface area contributed by atoms with Gasteiger partial charge in [-0.25, -0.2) is 0 Å². The second-order valence-electron chi connectivity index (χ2n) is 20.5. The molecule has 65 heavy (non-hydrogen) atoms. The number of carbonyl (C=O) groups excluding carboxylic acids is 3. The van der Waals surface area contributed by atoms with Crippen LogP contribution in [0.3, 0.4) is 0 Å². The van der Waals surface area contributed by atoms with Gasteiger partial charge >= 0.3 is 17.9 Å². The fourth-order valence-electron chi connectivity index (χ4n) is 9.07. The second kappa shape index (κ2) is 53.4. The fraction of sp³-hybridized carbons (Fsp3) is 0.949. The van der Waals surface area contributed by atoms with Gasteiger partial charge in [-0.1, -0.05) is 297 Å². The highest BCUT2D eigenvalue weighted by Crippen LogP contribution is 2.19. The van der Waals surface area contributed by atoms with Gasteiger partial charge < -0.3 is 14.2 Å². The third-order valence-corrected chi connectivity index (χ3v) is 13.9. The molecule has 0 aromatic carbocycles. The number of hydrogen-bond acceptors (Lipinski definition) is 6. The van der Waals surface area contributed by atoms with E-state index in [-0.39, 0.29) is 31.1 Å². The summed E-state index contributed by atoms with van der Waals surface area (Å²) in [6.07, 6.45) is 58.3. The molecular weight excluding hydrogens is 805 g/mol. The molecule has 6 heteroatoms. The summed E-state index contributed by atoms with van der Waals surface area (Å²) in [5.74, 6) is 0.0665. The predicted molar refractivity (Wildman–Crippen MR) is 280 cm³/mol. The van der Waals surface area contributed by atoms with Crippen LogP contribution in [-0.4, -0.2) is 37.2 Å². The van der Waals surface area contributed by atoms with E-state index in [1.165, 1.54) is 231 Å². The maximum atomic E-state index is 12.7. The molecule has 0 amide bonds. The molecule has 0 aromatic heterocycles. The Morgan fingerprint density at radius 2 is 0.538 bits per heavy atom. The van der Waals surface area contributed by atoms with Crippen LogP contribution in [0.25, 0.3) is 0 Å². The molecule has 0 aromatic rings. The first kappa shape index (κ1) is 63.4. The summed E-state index contributed by atoms with van der Waals surface area (Å²) in [4.78, 5) is 37.9. The molecule has 1 unspecified atom stereocenters. The fourth-order valence-corrected chi connectivity index (χ4v) is 9.07. The molecule has 0 aliphatic carbocycles. The highest BCUT2D eigenvalue weighted by Gasteiger charge is 2.19. The van der Waals surface area contributed by atoms with Gasteiger partial charge in [-0.3, -0.25) is 14.4 Å². The van der Waals surface area contributed by atoms with Crippen molar-refractivity contribution in [1.29, 1.82) is 0 Å². The number of carbonyl (C=O) groups is 3. The van der Waals surface area contributed by atoms with Crippen molar-refractivity contribution < 1.29 is 28.6 Å². The number of esters is 3. The van der Waals surface area contributed by atoms with Gasteiger partial charge in [-0.15, -0.1) is 0 Å². The summed E-state index contributed by atoms with van der Waals surface area (Å²) in [5.41, 5.74) is 0. The van der Waals surface area contributed by atoms with Crippen LogP contribution >= 0.6 is 0 Å². The van der Waals surface area contributed by atoms with Crippen LogP contribution in [0.4, 0.5) is 0 Å². The first-order valence-corrected chi connectivity index (χ1v) is 29.4. The smallest absolute Gasteiger partial charge is 0.306 e. The minimum absolute atomic E-state index is 0.0627. The van der Waals surface area contributed by atoms with E-state index in [1.807, 2.05) is 0 Å². The van der Waals surface area contributed by atoms with Gasteiger partial charge in [-0.2, -0.15) is 0 Å². The van der Waals surface area contributed by atoms with E-state index < -0.39 is 6.10 Å². The van der Waals surface area contributed by atoms with Crippen molar-refractivity contribution in [2.24, 2.45) is 5.92 Å². The normalized spacial score (nSPS) is 12.4. The lowest BCUT2D eigenvalue weighted by Gasteiger charge is -2.18. The van der Waals surface area contributed by atoms with Crippen molar-refractivity contribution >= 4 is 17.9 Å². The lowest BCUT2D eigenvalue weighted by Crippen LogP contribution is -2.30. The maximum Gasteiger partial charge on any atom is 0.306 e. The number of ether oxygens (including phenoxy) is 3. The van der Waals surface area contributed by atoms with Gasteiger partial charge in [0.25, 0.3) is 0 Å². The first-order valence-electron chi connectivity index (χ1n) is 29.4. The summed E-state index contributed by atoms with van der Waals surface area (Å²) >= 11 is 0. The molecule has 0 N–H and O–H groups in total. The molecule has 0 fully saturated rings. The van der Waals surface area contributed by atoms with Crippen molar-refractivity contribution in [3.63, 3.8) is 0 Å². The summed E-state index contributed by atoms with van der Waals surface area (Å²) in [7, 11) is 0. The van der Waals surface area contributed by atoms with Crippen LogP contribution in [0.15, 0.2) is 0 Å². The zero-order valence-corrected chi connectivity index (χ0v) is 44.5. The lowest BCUT2D eigenvalue weighted by atomic mass is 9.99.